The van der Waals surface area contributed by atoms with Gasteiger partial charge in [0.1, 0.15) is 13.6 Å². The second-order valence-electron chi connectivity index (χ2n) is 5.38. The molecule has 0 aliphatic heterocycles. The average molecular weight is 468 g/mol. The van der Waals surface area contributed by atoms with Gasteiger partial charge >= 0.3 is 0 Å². The molecule has 3 aromatic rings. The summed E-state index contributed by atoms with van der Waals surface area (Å²) in [5.41, 5.74) is 2.08. The van der Waals surface area contributed by atoms with Crippen LogP contribution in [0.5, 0.6) is 0 Å². The molecule has 128 valence electrons. The summed E-state index contributed by atoms with van der Waals surface area (Å²) in [6.07, 6.45) is 2.45. The van der Waals surface area contributed by atoms with E-state index < -0.39 is 10.0 Å². The lowest BCUT2D eigenvalue weighted by Gasteiger charge is -2.14. The van der Waals surface area contributed by atoms with E-state index in [4.69, 9.17) is 23.2 Å². The van der Waals surface area contributed by atoms with Gasteiger partial charge in [0.15, 0.2) is 0 Å². The van der Waals surface area contributed by atoms with E-state index in [1.54, 1.807) is 0 Å². The molecule has 1 aromatic carbocycles. The molecule has 0 amide bonds. The maximum Gasteiger partial charge on any atom is 0.244 e. The molecular weight excluding hydrogens is 455 g/mol. The van der Waals surface area contributed by atoms with E-state index in [1.807, 2.05) is 37.4 Å². The molecular formula is C15H13BrCl2N2O2S2. The lowest BCUT2D eigenvalue weighted by molar-refractivity contribution is 0.560. The second kappa shape index (κ2) is 6.97. The number of nitrogens with one attached hydrogen (secondary N) is 2. The van der Waals surface area contributed by atoms with E-state index in [0.29, 0.717) is 15.2 Å². The van der Waals surface area contributed by atoms with E-state index in [1.165, 1.54) is 0 Å². The number of thiophene rings is 1. The fourth-order valence-corrected chi connectivity index (χ4v) is 7.36. The number of aromatic amines is 1. The molecule has 0 radical (unpaired) electrons. The topological polar surface area (TPSA) is 62.0 Å². The summed E-state index contributed by atoms with van der Waals surface area (Å²) in [7, 11) is -3.77. The molecule has 0 spiro atoms. The van der Waals surface area contributed by atoms with Gasteiger partial charge in [-0.15, -0.1) is 11.3 Å². The molecule has 0 bridgehead atoms. The molecule has 1 atom stereocenters. The van der Waals surface area contributed by atoms with Crippen LogP contribution in [0.2, 0.25) is 8.67 Å². The van der Waals surface area contributed by atoms with Gasteiger partial charge in [-0.3, -0.25) is 0 Å². The van der Waals surface area contributed by atoms with Crippen LogP contribution in [0.15, 0.2) is 39.8 Å². The standard InChI is InChI=1S/C15H13BrCl2N2O2S2/c1-8(6-9-7-19-11-5-3-2-4-10(9)11)20-24(21,22)13-12(16)14(17)23-15(13)18/h2-5,7-8,19-20H,6H2,1H3. The van der Waals surface area contributed by atoms with Gasteiger partial charge in [-0.25, -0.2) is 13.1 Å². The molecule has 2 aromatic heterocycles. The van der Waals surface area contributed by atoms with Crippen molar-refractivity contribution in [3.8, 4) is 0 Å². The quantitative estimate of drug-likeness (QED) is 0.541. The number of para-hydroxylation sites is 1. The largest absolute Gasteiger partial charge is 0.361 e. The van der Waals surface area contributed by atoms with Crippen LogP contribution in [-0.4, -0.2) is 19.4 Å². The predicted octanol–water partition coefficient (Wildman–Crippen LogP) is 5.21. The minimum Gasteiger partial charge on any atom is -0.361 e. The van der Waals surface area contributed by atoms with Crippen molar-refractivity contribution in [2.24, 2.45) is 0 Å². The van der Waals surface area contributed by atoms with Crippen molar-refractivity contribution in [2.75, 3.05) is 0 Å². The Morgan fingerprint density at radius 3 is 2.67 bits per heavy atom. The van der Waals surface area contributed by atoms with Crippen LogP contribution in [0.25, 0.3) is 10.9 Å². The van der Waals surface area contributed by atoms with Crippen LogP contribution in [0.3, 0.4) is 0 Å². The third-order valence-electron chi connectivity index (χ3n) is 3.56. The fourth-order valence-electron chi connectivity index (χ4n) is 2.56. The van der Waals surface area contributed by atoms with E-state index in [2.05, 4.69) is 25.6 Å². The number of fused-ring (bicyclic) bond motifs is 1. The van der Waals surface area contributed by atoms with E-state index in [0.717, 1.165) is 27.8 Å². The number of aromatic nitrogens is 1. The average Bonchev–Trinajstić information content (AvgIpc) is 3.00. The Labute approximate surface area is 162 Å². The van der Waals surface area contributed by atoms with E-state index in [9.17, 15) is 8.42 Å². The minimum absolute atomic E-state index is 0.00931. The zero-order chi connectivity index (χ0) is 17.5. The van der Waals surface area contributed by atoms with E-state index >= 15 is 0 Å². The molecule has 0 saturated heterocycles. The second-order valence-corrected chi connectivity index (χ2v) is 10.0. The Balaban J connectivity index is 1.82. The monoisotopic (exact) mass is 466 g/mol. The first-order chi connectivity index (χ1) is 11.3. The van der Waals surface area contributed by atoms with Gasteiger partial charge in [0.25, 0.3) is 0 Å². The molecule has 9 heteroatoms. The maximum atomic E-state index is 12.6. The zero-order valence-electron chi connectivity index (χ0n) is 12.4. The lowest BCUT2D eigenvalue weighted by Crippen LogP contribution is -2.34. The molecule has 2 heterocycles. The first-order valence-electron chi connectivity index (χ1n) is 7.00. The summed E-state index contributed by atoms with van der Waals surface area (Å²) in [5, 5.41) is 1.08. The Morgan fingerprint density at radius 2 is 2.00 bits per heavy atom. The highest BCUT2D eigenvalue weighted by atomic mass is 79.9. The molecule has 0 aliphatic rings. The van der Waals surface area contributed by atoms with Crippen molar-refractivity contribution in [1.29, 1.82) is 0 Å². The number of rotatable bonds is 5. The molecule has 1 unspecified atom stereocenters. The first-order valence-corrected chi connectivity index (χ1v) is 10.8. The molecule has 0 fully saturated rings. The van der Waals surface area contributed by atoms with Gasteiger partial charge in [0.05, 0.1) is 4.47 Å². The Bertz CT molecular complexity index is 998. The molecule has 0 aliphatic carbocycles. The Kier molecular flexibility index (Phi) is 5.30. The van der Waals surface area contributed by atoms with Crippen molar-refractivity contribution in [3.63, 3.8) is 0 Å². The van der Waals surface area contributed by atoms with Crippen molar-refractivity contribution >= 4 is 71.4 Å². The van der Waals surface area contributed by atoms with Crippen LogP contribution in [0, 0.1) is 0 Å². The number of hydrogen-bond donors (Lipinski definition) is 2. The van der Waals surface area contributed by atoms with Crippen molar-refractivity contribution in [1.82, 2.24) is 9.71 Å². The number of sulfonamides is 1. The number of halogens is 3. The zero-order valence-corrected chi connectivity index (χ0v) is 17.2. The van der Waals surface area contributed by atoms with Gasteiger partial charge in [-0.2, -0.15) is 0 Å². The van der Waals surface area contributed by atoms with Gasteiger partial charge in [-0.05, 0) is 40.9 Å². The number of hydrogen-bond acceptors (Lipinski definition) is 3. The summed E-state index contributed by atoms with van der Waals surface area (Å²) < 4.78 is 28.6. The summed E-state index contributed by atoms with van der Waals surface area (Å²) >= 11 is 16.2. The van der Waals surface area contributed by atoms with Gasteiger partial charge in [0.2, 0.25) is 10.0 Å². The molecule has 2 N–H and O–H groups in total. The number of benzene rings is 1. The highest BCUT2D eigenvalue weighted by Gasteiger charge is 2.27. The Hall–Kier alpha value is -0.570. The summed E-state index contributed by atoms with van der Waals surface area (Å²) in [6.45, 7) is 1.81. The third kappa shape index (κ3) is 3.52. The Morgan fingerprint density at radius 1 is 1.29 bits per heavy atom. The summed E-state index contributed by atoms with van der Waals surface area (Å²) in [5.74, 6) is 0. The summed E-state index contributed by atoms with van der Waals surface area (Å²) in [6, 6.07) is 7.59. The highest BCUT2D eigenvalue weighted by molar-refractivity contribution is 9.10. The van der Waals surface area contributed by atoms with Crippen LogP contribution in [0.1, 0.15) is 12.5 Å². The van der Waals surface area contributed by atoms with Gasteiger partial charge in [0, 0.05) is 23.1 Å². The normalized spacial score (nSPS) is 13.5. The lowest BCUT2D eigenvalue weighted by atomic mass is 10.1. The maximum absolute atomic E-state index is 12.6. The van der Waals surface area contributed by atoms with Crippen LogP contribution < -0.4 is 4.72 Å². The highest BCUT2D eigenvalue weighted by Crippen LogP contribution is 2.42. The first kappa shape index (κ1) is 18.2. The van der Waals surface area contributed by atoms with Crippen LogP contribution >= 0.6 is 50.5 Å². The smallest absolute Gasteiger partial charge is 0.244 e. The minimum atomic E-state index is -3.77. The SMILES string of the molecule is CC(Cc1c[nH]c2ccccc12)NS(=O)(=O)c1c(Cl)sc(Cl)c1Br. The van der Waals surface area contributed by atoms with Crippen LogP contribution in [0.4, 0.5) is 0 Å². The summed E-state index contributed by atoms with van der Waals surface area (Å²) in [4.78, 5) is 3.18. The molecule has 3 rings (SSSR count). The molecule has 24 heavy (non-hydrogen) atoms. The fraction of sp³-hybridized carbons (Fsp3) is 0.200. The van der Waals surface area contributed by atoms with Crippen molar-refractivity contribution < 1.29 is 8.42 Å². The van der Waals surface area contributed by atoms with E-state index in [-0.39, 0.29) is 15.3 Å². The molecule has 0 saturated carbocycles. The van der Waals surface area contributed by atoms with Crippen molar-refractivity contribution in [3.05, 3.63) is 49.2 Å². The van der Waals surface area contributed by atoms with Crippen LogP contribution in [-0.2, 0) is 16.4 Å². The number of H-pyrrole nitrogens is 1. The van der Waals surface area contributed by atoms with Gasteiger partial charge < -0.3 is 4.98 Å². The molecule has 4 nitrogen and oxygen atoms in total. The van der Waals surface area contributed by atoms with Crippen molar-refractivity contribution in [2.45, 2.75) is 24.3 Å². The third-order valence-corrected chi connectivity index (χ3v) is 8.61. The van der Waals surface area contributed by atoms with Gasteiger partial charge in [-0.1, -0.05) is 41.4 Å². The predicted molar refractivity (Wildman–Crippen MR) is 104 cm³/mol.